The summed E-state index contributed by atoms with van der Waals surface area (Å²) < 4.78 is 1.43. The van der Waals surface area contributed by atoms with E-state index in [0.29, 0.717) is 36.1 Å². The second-order valence-corrected chi connectivity index (χ2v) is 29.2. The third-order valence-corrected chi connectivity index (χ3v) is 18.3. The van der Waals surface area contributed by atoms with Gasteiger partial charge in [-0.1, -0.05) is 111 Å². The van der Waals surface area contributed by atoms with Crippen LogP contribution in [0.15, 0.2) is 9.79 Å². The van der Waals surface area contributed by atoms with E-state index >= 15 is 0 Å². The molecule has 4 rings (SSSR count). The fourth-order valence-electron chi connectivity index (χ4n) is 6.65. The Balaban J connectivity index is 2.03. The Hall–Kier alpha value is -1.23. The second-order valence-electron chi connectivity index (χ2n) is 15.4. The van der Waals surface area contributed by atoms with E-state index in [0.717, 1.165) is 75.8 Å². The minimum atomic E-state index is -1.74. The lowest BCUT2D eigenvalue weighted by atomic mass is 9.98. The molecule has 2 aliphatic heterocycles. The molecule has 0 N–H and O–H groups in total. The number of amides is 2. The van der Waals surface area contributed by atoms with Gasteiger partial charge in [-0.15, -0.1) is 51.7 Å². The zero-order valence-corrected chi connectivity index (χ0v) is 36.8. The molecule has 0 aromatic carbocycles. The molecule has 10 heteroatoms. The lowest BCUT2D eigenvalue weighted by Gasteiger charge is -2.26. The molecule has 0 radical (unpaired) electrons. The first kappa shape index (κ1) is 39.6. The van der Waals surface area contributed by atoms with Crippen LogP contribution in [-0.2, 0) is 9.59 Å². The molecular weight excluding hydrogens is 701 g/mol. The first-order valence-corrected chi connectivity index (χ1v) is 29.1. The van der Waals surface area contributed by atoms with Crippen molar-refractivity contribution in [2.45, 2.75) is 128 Å². The smallest absolute Gasteiger partial charge is 0.260 e. The molecule has 0 fully saturated rings. The molecule has 0 aliphatic carbocycles. The number of fused-ring (bicyclic) bond motifs is 2. The summed E-state index contributed by atoms with van der Waals surface area (Å²) >= 11 is 6.92. The number of hydrogen-bond donors (Lipinski definition) is 0. The Morgan fingerprint density at radius 1 is 0.708 bits per heavy atom. The fourth-order valence-corrected chi connectivity index (χ4v) is 15.0. The molecule has 4 nitrogen and oxygen atoms in total. The van der Waals surface area contributed by atoms with Crippen LogP contribution in [0.4, 0.5) is 11.4 Å². The van der Waals surface area contributed by atoms with Crippen LogP contribution in [0.5, 0.6) is 0 Å². The summed E-state index contributed by atoms with van der Waals surface area (Å²) in [7, 11) is -3.37. The van der Waals surface area contributed by atoms with Gasteiger partial charge in [-0.3, -0.25) is 9.59 Å². The highest BCUT2D eigenvalue weighted by Crippen LogP contribution is 2.56. The number of anilines is 2. The van der Waals surface area contributed by atoms with Gasteiger partial charge in [0, 0.05) is 22.5 Å². The van der Waals surface area contributed by atoms with E-state index < -0.39 is 16.1 Å². The fraction of sp³-hybridized carbons (Fsp3) is 0.632. The van der Waals surface area contributed by atoms with Gasteiger partial charge in [0.05, 0.1) is 50.1 Å². The topological polar surface area (TPSA) is 40.6 Å². The maximum absolute atomic E-state index is 14.9. The van der Waals surface area contributed by atoms with Crippen LogP contribution < -0.4 is 14.3 Å². The second kappa shape index (κ2) is 16.4. The molecule has 2 unspecified atom stereocenters. The van der Waals surface area contributed by atoms with Gasteiger partial charge in [0.15, 0.2) is 0 Å². The van der Waals surface area contributed by atoms with E-state index in [-0.39, 0.29) is 11.8 Å². The number of carbonyl (C=O) groups excluding carboxylic acids is 2. The van der Waals surface area contributed by atoms with Crippen LogP contribution in [0.1, 0.15) is 93.7 Å². The lowest BCUT2D eigenvalue weighted by molar-refractivity contribution is -0.114. The van der Waals surface area contributed by atoms with Gasteiger partial charge in [0.25, 0.3) is 11.8 Å². The highest BCUT2D eigenvalue weighted by atomic mass is 32.2. The predicted octanol–water partition coefficient (Wildman–Crippen LogP) is 11.1. The van der Waals surface area contributed by atoms with Crippen molar-refractivity contribution in [1.82, 2.24) is 0 Å². The molecule has 2 aliphatic rings. The number of thiophene rings is 2. The molecular formula is C38H58N2O2S4Si2. The maximum atomic E-state index is 14.9. The van der Waals surface area contributed by atoms with Crippen molar-refractivity contribution in [3.8, 4) is 11.5 Å². The van der Waals surface area contributed by atoms with Gasteiger partial charge in [-0.05, 0) is 37.2 Å². The third-order valence-electron chi connectivity index (χ3n) is 9.45. The quantitative estimate of drug-likeness (QED) is 0.0785. The molecule has 2 atom stereocenters. The predicted molar refractivity (Wildman–Crippen MR) is 224 cm³/mol. The van der Waals surface area contributed by atoms with Gasteiger partial charge >= 0.3 is 0 Å². The molecule has 2 amide bonds. The van der Waals surface area contributed by atoms with Gasteiger partial charge in [-0.2, -0.15) is 0 Å². The zero-order valence-electron chi connectivity index (χ0n) is 31.6. The van der Waals surface area contributed by atoms with Crippen LogP contribution >= 0.6 is 46.2 Å². The highest BCUT2D eigenvalue weighted by molar-refractivity contribution is 7.99. The standard InChI is InChI=1S/C38H58N2O2S4Si2/c1-13-17-19-25(15-3)23-39-30-32(43-5)27(21-22-47(7,8)9)45-33(30)28(36(39)41)29-34-31(35(44-6)38(46-34)48(10,11)12)40(37(29)42)24-26(16-4)20-18-14-2/h25-26H,13-20,23-24H2,1-12H3/b29-28+. The van der Waals surface area contributed by atoms with Crippen molar-refractivity contribution in [2.75, 3.05) is 35.4 Å². The lowest BCUT2D eigenvalue weighted by Crippen LogP contribution is -2.38. The van der Waals surface area contributed by atoms with E-state index in [9.17, 15) is 9.59 Å². The Kier molecular flexibility index (Phi) is 13.5. The molecule has 4 heterocycles. The highest BCUT2D eigenvalue weighted by Gasteiger charge is 2.48. The zero-order chi connectivity index (χ0) is 35.6. The van der Waals surface area contributed by atoms with Crippen LogP contribution in [0.25, 0.3) is 11.1 Å². The largest absolute Gasteiger partial charge is 0.305 e. The van der Waals surface area contributed by atoms with Gasteiger partial charge in [-0.25, -0.2) is 0 Å². The number of rotatable bonds is 15. The number of nitrogens with zero attached hydrogens (tertiary/aromatic N) is 2. The summed E-state index contributed by atoms with van der Waals surface area (Å²) in [5.41, 5.74) is 6.96. The molecule has 2 aromatic rings. The van der Waals surface area contributed by atoms with Crippen LogP contribution in [0, 0.1) is 23.3 Å². The molecule has 0 bridgehead atoms. The minimum absolute atomic E-state index is 0.00836. The number of hydrogen-bond acceptors (Lipinski definition) is 6. The summed E-state index contributed by atoms with van der Waals surface area (Å²) in [5, 5.41) is 0. The van der Waals surface area contributed by atoms with Gasteiger partial charge in [0.1, 0.15) is 8.07 Å². The Bertz CT molecular complexity index is 1600. The molecule has 48 heavy (non-hydrogen) atoms. The maximum Gasteiger partial charge on any atom is 0.260 e. The van der Waals surface area contributed by atoms with Gasteiger partial charge < -0.3 is 9.80 Å². The molecule has 0 saturated heterocycles. The van der Waals surface area contributed by atoms with Crippen molar-refractivity contribution in [3.05, 3.63) is 14.6 Å². The minimum Gasteiger partial charge on any atom is -0.305 e. The monoisotopic (exact) mass is 758 g/mol. The Morgan fingerprint density at radius 3 is 1.56 bits per heavy atom. The van der Waals surface area contributed by atoms with Crippen molar-refractivity contribution < 1.29 is 9.59 Å². The first-order chi connectivity index (χ1) is 22.7. The Morgan fingerprint density at radius 2 is 1.17 bits per heavy atom. The van der Waals surface area contributed by atoms with Crippen molar-refractivity contribution in [2.24, 2.45) is 11.8 Å². The number of unbranched alkanes of at least 4 members (excludes halogenated alkanes) is 2. The molecule has 264 valence electrons. The summed E-state index contributed by atoms with van der Waals surface area (Å²) in [5.74, 6) is 4.45. The molecule has 0 spiro atoms. The van der Waals surface area contributed by atoms with Crippen molar-refractivity contribution in [3.63, 3.8) is 0 Å². The van der Waals surface area contributed by atoms with E-state index in [1.165, 1.54) is 15.8 Å². The van der Waals surface area contributed by atoms with Crippen LogP contribution in [0.3, 0.4) is 0 Å². The number of thioether (sulfide) groups is 2. The summed E-state index contributed by atoms with van der Waals surface area (Å²) in [6, 6.07) is 0. The first-order valence-electron chi connectivity index (χ1n) is 18.0. The molecule has 0 saturated carbocycles. The normalized spacial score (nSPS) is 17.6. The Labute approximate surface area is 310 Å². The van der Waals surface area contributed by atoms with Crippen molar-refractivity contribution in [1.29, 1.82) is 0 Å². The van der Waals surface area contributed by atoms with Crippen molar-refractivity contribution >= 4 is 101 Å². The van der Waals surface area contributed by atoms with E-state index in [2.05, 4.69) is 101 Å². The number of carbonyl (C=O) groups is 2. The average Bonchev–Trinajstić information content (AvgIpc) is 3.73. The average molecular weight is 759 g/mol. The van der Waals surface area contributed by atoms with E-state index in [4.69, 9.17) is 0 Å². The van der Waals surface area contributed by atoms with Crippen LogP contribution in [-0.4, -0.2) is 53.6 Å². The summed E-state index contributed by atoms with van der Waals surface area (Å²) in [6.07, 6.45) is 13.2. The van der Waals surface area contributed by atoms with Crippen LogP contribution in [0.2, 0.25) is 39.3 Å². The summed E-state index contributed by atoms with van der Waals surface area (Å²) in [6.45, 7) is 24.4. The summed E-state index contributed by atoms with van der Waals surface area (Å²) in [4.78, 5) is 39.4. The molecule has 2 aromatic heterocycles. The third kappa shape index (κ3) is 8.12. The van der Waals surface area contributed by atoms with E-state index in [1.54, 1.807) is 46.2 Å². The van der Waals surface area contributed by atoms with Gasteiger partial charge in [0.2, 0.25) is 0 Å². The SMILES string of the molecule is CCCCC(CC)CN1C(=O)/C(=C2/C(=O)N(CC(CC)CCCC)c3c2sc([Si](C)(C)C)c3SC)c2sc(C#C[Si](C)(C)C)c(SC)c21. The van der Waals surface area contributed by atoms with E-state index in [1.807, 2.05) is 0 Å².